The highest BCUT2D eigenvalue weighted by Crippen LogP contribution is 2.27. The van der Waals surface area contributed by atoms with Gasteiger partial charge in [0.25, 0.3) is 0 Å². The maximum atomic E-state index is 6.24. The second-order valence-electron chi connectivity index (χ2n) is 4.87. The van der Waals surface area contributed by atoms with E-state index in [9.17, 15) is 0 Å². The second kappa shape index (κ2) is 7.69. The minimum Gasteiger partial charge on any atom is -0.494 e. The van der Waals surface area contributed by atoms with Gasteiger partial charge in [-0.05, 0) is 55.3 Å². The Bertz CT molecular complexity index is 584. The maximum absolute atomic E-state index is 6.24. The van der Waals surface area contributed by atoms with Crippen molar-refractivity contribution >= 4 is 23.2 Å². The van der Waals surface area contributed by atoms with Crippen molar-refractivity contribution in [3.8, 4) is 5.75 Å². The van der Waals surface area contributed by atoms with Crippen LogP contribution in [0.2, 0.25) is 10.0 Å². The van der Waals surface area contributed by atoms with Crippen LogP contribution in [0, 0.1) is 0 Å². The van der Waals surface area contributed by atoms with E-state index in [4.69, 9.17) is 33.7 Å². The zero-order chi connectivity index (χ0) is 15.2. The van der Waals surface area contributed by atoms with E-state index in [1.165, 1.54) is 5.56 Å². The minimum atomic E-state index is 0.222. The van der Waals surface area contributed by atoms with Crippen LogP contribution < -0.4 is 10.5 Å². The maximum Gasteiger partial charge on any atom is 0.119 e. The molecule has 0 spiro atoms. The summed E-state index contributed by atoms with van der Waals surface area (Å²) in [5.74, 6) is 1.10. The van der Waals surface area contributed by atoms with Crippen LogP contribution in [0.3, 0.4) is 0 Å². The molecule has 0 heterocycles. The first-order valence-electron chi connectivity index (χ1n) is 7.00. The van der Waals surface area contributed by atoms with Crippen molar-refractivity contribution in [3.05, 3.63) is 63.6 Å². The van der Waals surface area contributed by atoms with Gasteiger partial charge in [0.1, 0.15) is 5.75 Å². The fourth-order valence-corrected chi connectivity index (χ4v) is 2.78. The highest BCUT2D eigenvalue weighted by Gasteiger charge is 2.13. The molecule has 1 atom stereocenters. The van der Waals surface area contributed by atoms with Crippen LogP contribution in [0.4, 0.5) is 0 Å². The molecular weight excluding hydrogens is 305 g/mol. The van der Waals surface area contributed by atoms with Crippen LogP contribution in [-0.2, 0) is 6.42 Å². The number of benzene rings is 2. The molecule has 2 rings (SSSR count). The third-order valence-corrected chi connectivity index (χ3v) is 4.02. The molecular formula is C17H19Cl2NO. The Labute approximate surface area is 135 Å². The molecule has 0 saturated carbocycles. The highest BCUT2D eigenvalue weighted by molar-refractivity contribution is 6.35. The van der Waals surface area contributed by atoms with Gasteiger partial charge in [-0.25, -0.2) is 0 Å². The molecule has 0 aliphatic carbocycles. The van der Waals surface area contributed by atoms with E-state index in [0.29, 0.717) is 23.2 Å². The van der Waals surface area contributed by atoms with E-state index in [-0.39, 0.29) is 5.92 Å². The Morgan fingerprint density at radius 3 is 2.38 bits per heavy atom. The van der Waals surface area contributed by atoms with E-state index < -0.39 is 0 Å². The largest absolute Gasteiger partial charge is 0.494 e. The first kappa shape index (κ1) is 16.2. The molecule has 0 aliphatic heterocycles. The number of hydrogen-bond acceptors (Lipinski definition) is 2. The third kappa shape index (κ3) is 4.37. The van der Waals surface area contributed by atoms with Gasteiger partial charge < -0.3 is 10.5 Å². The molecule has 0 fully saturated rings. The van der Waals surface area contributed by atoms with E-state index in [1.807, 2.05) is 31.2 Å². The Hall–Kier alpha value is -1.22. The van der Waals surface area contributed by atoms with E-state index in [0.717, 1.165) is 17.7 Å². The van der Waals surface area contributed by atoms with Crippen LogP contribution in [-0.4, -0.2) is 13.2 Å². The summed E-state index contributed by atoms with van der Waals surface area (Å²) in [6, 6.07) is 13.7. The van der Waals surface area contributed by atoms with Gasteiger partial charge >= 0.3 is 0 Å². The molecule has 0 bridgehead atoms. The topological polar surface area (TPSA) is 35.2 Å². The molecule has 2 aromatic carbocycles. The average Bonchev–Trinajstić information content (AvgIpc) is 2.48. The Balaban J connectivity index is 2.15. The van der Waals surface area contributed by atoms with Gasteiger partial charge in [0.2, 0.25) is 0 Å². The Morgan fingerprint density at radius 1 is 1.10 bits per heavy atom. The number of ether oxygens (including phenoxy) is 1. The fourth-order valence-electron chi connectivity index (χ4n) is 2.29. The van der Waals surface area contributed by atoms with Crippen molar-refractivity contribution in [2.75, 3.05) is 13.2 Å². The van der Waals surface area contributed by atoms with Crippen molar-refractivity contribution < 1.29 is 4.74 Å². The summed E-state index contributed by atoms with van der Waals surface area (Å²) in [5, 5.41) is 1.33. The minimum absolute atomic E-state index is 0.222. The van der Waals surface area contributed by atoms with E-state index >= 15 is 0 Å². The first-order valence-corrected chi connectivity index (χ1v) is 7.76. The van der Waals surface area contributed by atoms with Gasteiger partial charge in [0.15, 0.2) is 0 Å². The van der Waals surface area contributed by atoms with E-state index in [2.05, 4.69) is 12.1 Å². The SMILES string of the molecule is CCOc1ccc(C(CN)Cc2ccc(Cl)cc2Cl)cc1. The number of rotatable bonds is 6. The van der Waals surface area contributed by atoms with Gasteiger partial charge in [-0.2, -0.15) is 0 Å². The predicted molar refractivity (Wildman–Crippen MR) is 89.6 cm³/mol. The van der Waals surface area contributed by atoms with Crippen LogP contribution in [0.1, 0.15) is 24.0 Å². The lowest BCUT2D eigenvalue weighted by molar-refractivity contribution is 0.340. The Morgan fingerprint density at radius 2 is 1.81 bits per heavy atom. The van der Waals surface area contributed by atoms with Gasteiger partial charge in [0, 0.05) is 16.0 Å². The smallest absolute Gasteiger partial charge is 0.119 e. The van der Waals surface area contributed by atoms with Crippen molar-refractivity contribution in [1.82, 2.24) is 0 Å². The number of halogens is 2. The molecule has 112 valence electrons. The third-order valence-electron chi connectivity index (χ3n) is 3.43. The number of hydrogen-bond donors (Lipinski definition) is 1. The van der Waals surface area contributed by atoms with Crippen LogP contribution in [0.5, 0.6) is 5.75 Å². The van der Waals surface area contributed by atoms with Gasteiger partial charge in [-0.3, -0.25) is 0 Å². The summed E-state index contributed by atoms with van der Waals surface area (Å²) >= 11 is 12.2. The molecule has 4 heteroatoms. The molecule has 1 unspecified atom stereocenters. The molecule has 0 radical (unpaired) electrons. The molecule has 0 aromatic heterocycles. The number of nitrogens with two attached hydrogens (primary N) is 1. The predicted octanol–water partition coefficient (Wildman–Crippen LogP) is 4.68. The summed E-state index contributed by atoms with van der Waals surface area (Å²) in [4.78, 5) is 0. The van der Waals surface area contributed by atoms with Gasteiger partial charge in [-0.1, -0.05) is 41.4 Å². The van der Waals surface area contributed by atoms with Crippen molar-refractivity contribution in [2.24, 2.45) is 5.73 Å². The molecule has 2 N–H and O–H groups in total. The molecule has 0 amide bonds. The zero-order valence-electron chi connectivity index (χ0n) is 12.0. The van der Waals surface area contributed by atoms with Crippen molar-refractivity contribution in [1.29, 1.82) is 0 Å². The lowest BCUT2D eigenvalue weighted by atomic mass is 9.92. The molecule has 0 saturated heterocycles. The van der Waals surface area contributed by atoms with Crippen LogP contribution in [0.25, 0.3) is 0 Å². The Kier molecular flexibility index (Phi) is 5.92. The standard InChI is InChI=1S/C17H19Cl2NO/c1-2-21-16-7-4-12(5-8-16)14(11-20)9-13-3-6-15(18)10-17(13)19/h3-8,10,14H,2,9,11,20H2,1H3. The molecule has 2 aromatic rings. The quantitative estimate of drug-likeness (QED) is 0.837. The normalized spacial score (nSPS) is 12.2. The second-order valence-corrected chi connectivity index (χ2v) is 5.72. The van der Waals surface area contributed by atoms with Crippen LogP contribution in [0.15, 0.2) is 42.5 Å². The highest BCUT2D eigenvalue weighted by atomic mass is 35.5. The van der Waals surface area contributed by atoms with Gasteiger partial charge in [-0.15, -0.1) is 0 Å². The molecule has 0 aliphatic rings. The summed E-state index contributed by atoms with van der Waals surface area (Å²) < 4.78 is 5.46. The van der Waals surface area contributed by atoms with Gasteiger partial charge in [0.05, 0.1) is 6.61 Å². The average molecular weight is 324 g/mol. The summed E-state index contributed by atoms with van der Waals surface area (Å²) in [6.45, 7) is 3.20. The summed E-state index contributed by atoms with van der Waals surface area (Å²) in [6.07, 6.45) is 0.792. The van der Waals surface area contributed by atoms with Crippen molar-refractivity contribution in [3.63, 3.8) is 0 Å². The summed E-state index contributed by atoms with van der Waals surface area (Å²) in [5.41, 5.74) is 8.18. The molecule has 2 nitrogen and oxygen atoms in total. The first-order chi connectivity index (χ1) is 10.1. The molecule has 21 heavy (non-hydrogen) atoms. The lowest BCUT2D eigenvalue weighted by Gasteiger charge is -2.17. The zero-order valence-corrected chi connectivity index (χ0v) is 13.5. The summed E-state index contributed by atoms with van der Waals surface area (Å²) in [7, 11) is 0. The monoisotopic (exact) mass is 323 g/mol. The lowest BCUT2D eigenvalue weighted by Crippen LogP contribution is -2.15. The fraction of sp³-hybridized carbons (Fsp3) is 0.294. The van der Waals surface area contributed by atoms with Crippen LogP contribution >= 0.6 is 23.2 Å². The van der Waals surface area contributed by atoms with Crippen molar-refractivity contribution in [2.45, 2.75) is 19.3 Å². The van der Waals surface area contributed by atoms with E-state index in [1.54, 1.807) is 6.07 Å².